The molecule has 0 saturated heterocycles. The molecule has 1 unspecified atom stereocenters. The number of nitrogen functional groups attached to an aromatic ring is 1. The second-order valence-electron chi connectivity index (χ2n) is 5.04. The lowest BCUT2D eigenvalue weighted by Crippen LogP contribution is -2.53. The van der Waals surface area contributed by atoms with Crippen LogP contribution in [0.4, 0.5) is 5.69 Å². The highest BCUT2D eigenvalue weighted by atomic mass is 16.5. The number of carbonyl (C=O) groups excluding carboxylic acids is 2. The molecule has 0 heterocycles. The fourth-order valence-electron chi connectivity index (χ4n) is 2.11. The number of rotatable bonds is 6. The quantitative estimate of drug-likeness (QED) is 0.612. The van der Waals surface area contributed by atoms with Crippen LogP contribution in [-0.2, 0) is 20.7 Å². The van der Waals surface area contributed by atoms with Gasteiger partial charge in [0.1, 0.15) is 5.54 Å². The molecule has 0 fully saturated rings. The van der Waals surface area contributed by atoms with E-state index in [0.29, 0.717) is 12.1 Å². The first kappa shape index (κ1) is 16.0. The molecule has 110 valence electrons. The first-order chi connectivity index (χ1) is 9.41. The molecule has 1 aromatic carbocycles. The summed E-state index contributed by atoms with van der Waals surface area (Å²) < 4.78 is 4.76. The minimum atomic E-state index is -0.978. The fraction of sp³-hybridized carbons (Fsp3) is 0.467. The predicted octanol–water partition coefficient (Wildman–Crippen LogP) is 1.66. The van der Waals surface area contributed by atoms with Gasteiger partial charge in [0.15, 0.2) is 0 Å². The van der Waals surface area contributed by atoms with E-state index < -0.39 is 11.5 Å². The zero-order valence-electron chi connectivity index (χ0n) is 12.2. The van der Waals surface area contributed by atoms with Gasteiger partial charge in [-0.15, -0.1) is 0 Å². The van der Waals surface area contributed by atoms with Gasteiger partial charge in [0, 0.05) is 5.69 Å². The maximum absolute atomic E-state index is 12.1. The lowest BCUT2D eigenvalue weighted by atomic mass is 9.95. The summed E-state index contributed by atoms with van der Waals surface area (Å²) in [7, 11) is 1.32. The number of benzene rings is 1. The van der Waals surface area contributed by atoms with Gasteiger partial charge in [-0.3, -0.25) is 4.79 Å². The Kier molecular flexibility index (Phi) is 5.55. The van der Waals surface area contributed by atoms with Crippen molar-refractivity contribution in [3.05, 3.63) is 29.8 Å². The van der Waals surface area contributed by atoms with Crippen LogP contribution in [0.5, 0.6) is 0 Å². The molecule has 0 spiro atoms. The Morgan fingerprint density at radius 2 is 1.90 bits per heavy atom. The topological polar surface area (TPSA) is 81.4 Å². The molecule has 1 rings (SSSR count). The van der Waals surface area contributed by atoms with Crippen molar-refractivity contribution in [1.29, 1.82) is 0 Å². The third kappa shape index (κ3) is 4.26. The van der Waals surface area contributed by atoms with E-state index in [1.807, 2.05) is 6.92 Å². The second kappa shape index (κ2) is 6.93. The minimum Gasteiger partial charge on any atom is -0.467 e. The van der Waals surface area contributed by atoms with E-state index in [0.717, 1.165) is 12.0 Å². The zero-order valence-corrected chi connectivity index (χ0v) is 12.2. The first-order valence-corrected chi connectivity index (χ1v) is 6.65. The summed E-state index contributed by atoms with van der Waals surface area (Å²) in [5.41, 5.74) is 6.12. The summed E-state index contributed by atoms with van der Waals surface area (Å²) in [4.78, 5) is 23.9. The van der Waals surface area contributed by atoms with Crippen LogP contribution < -0.4 is 11.1 Å². The molecule has 0 saturated carbocycles. The predicted molar refractivity (Wildman–Crippen MR) is 78.0 cm³/mol. The standard InChI is InChI=1S/C15H22N2O3/c1-4-9-15(2,14(19)20-3)17-13(18)10-11-5-7-12(16)8-6-11/h5-8H,4,9-10,16H2,1-3H3,(H,17,18). The minimum absolute atomic E-state index is 0.205. The van der Waals surface area contributed by atoms with Crippen LogP contribution in [0, 0.1) is 0 Å². The average molecular weight is 278 g/mol. The number of ether oxygens (including phenoxy) is 1. The smallest absolute Gasteiger partial charge is 0.331 e. The molecule has 0 bridgehead atoms. The van der Waals surface area contributed by atoms with Gasteiger partial charge < -0.3 is 15.8 Å². The molecular weight excluding hydrogens is 256 g/mol. The number of anilines is 1. The number of hydrogen-bond acceptors (Lipinski definition) is 4. The van der Waals surface area contributed by atoms with E-state index in [1.165, 1.54) is 7.11 Å². The fourth-order valence-corrected chi connectivity index (χ4v) is 2.11. The van der Waals surface area contributed by atoms with Gasteiger partial charge in [-0.1, -0.05) is 25.5 Å². The summed E-state index contributed by atoms with van der Waals surface area (Å²) in [6.07, 6.45) is 1.51. The molecule has 1 atom stereocenters. The highest BCUT2D eigenvalue weighted by molar-refractivity contribution is 5.88. The molecule has 5 nitrogen and oxygen atoms in total. The largest absolute Gasteiger partial charge is 0.467 e. The highest BCUT2D eigenvalue weighted by Gasteiger charge is 2.34. The highest BCUT2D eigenvalue weighted by Crippen LogP contribution is 2.15. The number of esters is 1. The average Bonchev–Trinajstić information content (AvgIpc) is 2.40. The molecule has 5 heteroatoms. The van der Waals surface area contributed by atoms with Crippen LogP contribution >= 0.6 is 0 Å². The molecule has 0 radical (unpaired) electrons. The number of hydrogen-bond donors (Lipinski definition) is 2. The van der Waals surface area contributed by atoms with E-state index >= 15 is 0 Å². The van der Waals surface area contributed by atoms with E-state index in [9.17, 15) is 9.59 Å². The maximum Gasteiger partial charge on any atom is 0.331 e. The monoisotopic (exact) mass is 278 g/mol. The third-order valence-electron chi connectivity index (χ3n) is 3.15. The van der Waals surface area contributed by atoms with Crippen molar-refractivity contribution in [2.24, 2.45) is 0 Å². The summed E-state index contributed by atoms with van der Waals surface area (Å²) in [5.74, 6) is -0.638. The molecular formula is C15H22N2O3. The van der Waals surface area contributed by atoms with Crippen molar-refractivity contribution < 1.29 is 14.3 Å². The van der Waals surface area contributed by atoms with Crippen LogP contribution in [0.1, 0.15) is 32.3 Å². The van der Waals surface area contributed by atoms with E-state index in [1.54, 1.807) is 31.2 Å². The Morgan fingerprint density at radius 1 is 1.30 bits per heavy atom. The number of nitrogens with two attached hydrogens (primary N) is 1. The Morgan fingerprint density at radius 3 is 2.40 bits per heavy atom. The van der Waals surface area contributed by atoms with Crippen molar-refractivity contribution in [2.75, 3.05) is 12.8 Å². The lowest BCUT2D eigenvalue weighted by Gasteiger charge is -2.27. The second-order valence-corrected chi connectivity index (χ2v) is 5.04. The Labute approximate surface area is 119 Å². The van der Waals surface area contributed by atoms with Gasteiger partial charge in [0.05, 0.1) is 13.5 Å². The summed E-state index contributed by atoms with van der Waals surface area (Å²) in [5, 5.41) is 2.76. The third-order valence-corrected chi connectivity index (χ3v) is 3.15. The SMILES string of the molecule is CCCC(C)(NC(=O)Cc1ccc(N)cc1)C(=O)OC. The van der Waals surface area contributed by atoms with Crippen molar-refractivity contribution in [2.45, 2.75) is 38.6 Å². The molecule has 20 heavy (non-hydrogen) atoms. The van der Waals surface area contributed by atoms with Crippen molar-refractivity contribution >= 4 is 17.6 Å². The van der Waals surface area contributed by atoms with Crippen LogP contribution in [0.3, 0.4) is 0 Å². The van der Waals surface area contributed by atoms with Crippen molar-refractivity contribution in [3.63, 3.8) is 0 Å². The number of carbonyl (C=O) groups is 2. The van der Waals surface area contributed by atoms with Gasteiger partial charge in [0.25, 0.3) is 0 Å². The number of amides is 1. The number of methoxy groups -OCH3 is 1. The van der Waals surface area contributed by atoms with Gasteiger partial charge in [-0.05, 0) is 31.0 Å². The van der Waals surface area contributed by atoms with Crippen molar-refractivity contribution in [1.82, 2.24) is 5.32 Å². The number of nitrogens with one attached hydrogen (secondary N) is 1. The van der Waals surface area contributed by atoms with Crippen LogP contribution in [0.25, 0.3) is 0 Å². The van der Waals surface area contributed by atoms with Gasteiger partial charge in [-0.2, -0.15) is 0 Å². The summed E-state index contributed by atoms with van der Waals surface area (Å²) in [6, 6.07) is 7.08. The summed E-state index contributed by atoms with van der Waals surface area (Å²) >= 11 is 0. The Bertz CT molecular complexity index is 471. The van der Waals surface area contributed by atoms with E-state index in [-0.39, 0.29) is 12.3 Å². The molecule has 1 amide bonds. The van der Waals surface area contributed by atoms with Gasteiger partial charge in [-0.25, -0.2) is 4.79 Å². The van der Waals surface area contributed by atoms with E-state index in [2.05, 4.69) is 5.32 Å². The maximum atomic E-state index is 12.1. The Hall–Kier alpha value is -2.04. The molecule has 3 N–H and O–H groups in total. The van der Waals surface area contributed by atoms with Crippen LogP contribution in [-0.4, -0.2) is 24.5 Å². The lowest BCUT2D eigenvalue weighted by molar-refractivity contribution is -0.150. The van der Waals surface area contributed by atoms with Crippen LogP contribution in [0.15, 0.2) is 24.3 Å². The molecule has 1 aromatic rings. The van der Waals surface area contributed by atoms with Gasteiger partial charge in [0.2, 0.25) is 5.91 Å². The molecule has 0 aliphatic carbocycles. The van der Waals surface area contributed by atoms with Gasteiger partial charge >= 0.3 is 5.97 Å². The van der Waals surface area contributed by atoms with Crippen molar-refractivity contribution in [3.8, 4) is 0 Å². The zero-order chi connectivity index (χ0) is 15.2. The van der Waals surface area contributed by atoms with Crippen LogP contribution in [0.2, 0.25) is 0 Å². The molecule has 0 aromatic heterocycles. The Balaban J connectivity index is 2.71. The normalized spacial score (nSPS) is 13.3. The summed E-state index contributed by atoms with van der Waals surface area (Å²) in [6.45, 7) is 3.64. The molecule has 0 aliphatic heterocycles. The molecule has 0 aliphatic rings. The van der Waals surface area contributed by atoms with E-state index in [4.69, 9.17) is 10.5 Å². The first-order valence-electron chi connectivity index (χ1n) is 6.65.